The molecule has 6 rings (SSSR count). The molecule has 15 nitrogen and oxygen atoms in total. The number of benzene rings is 2. The number of urea groups is 1. The molecule has 0 aliphatic carbocycles. The van der Waals surface area contributed by atoms with Gasteiger partial charge in [0.05, 0.1) is 18.4 Å². The maximum atomic E-state index is 14.8. The van der Waals surface area contributed by atoms with Crippen molar-refractivity contribution in [1.82, 2.24) is 30.7 Å². The van der Waals surface area contributed by atoms with Gasteiger partial charge < -0.3 is 45.5 Å². The van der Waals surface area contributed by atoms with E-state index in [-0.39, 0.29) is 55.7 Å². The number of rotatable bonds is 7. The Morgan fingerprint density at radius 2 is 1.71 bits per heavy atom. The Balaban J connectivity index is 1.34. The minimum atomic E-state index is -1.44. The molecule has 0 bridgehead atoms. The number of halogens is 2. The molecule has 4 saturated heterocycles. The number of fused-ring (bicyclic) bond motifs is 3. The van der Waals surface area contributed by atoms with Gasteiger partial charge in [0.25, 0.3) is 0 Å². The van der Waals surface area contributed by atoms with Crippen LogP contribution < -0.4 is 21.3 Å². The second-order valence-electron chi connectivity index (χ2n) is 16.4. The maximum absolute atomic E-state index is 14.8. The number of carbonyl (C=O) groups is 7. The summed E-state index contributed by atoms with van der Waals surface area (Å²) in [4.78, 5) is 102. The second-order valence-corrected chi connectivity index (χ2v) is 16.8. The van der Waals surface area contributed by atoms with Gasteiger partial charge in [0, 0.05) is 31.1 Å². The normalized spacial score (nSPS) is 28.5. The van der Waals surface area contributed by atoms with E-state index in [0.717, 1.165) is 11.6 Å². The van der Waals surface area contributed by atoms with Crippen molar-refractivity contribution >= 4 is 59.1 Å². The number of hydrogen-bond donors (Lipinski definition) is 4. The minimum Gasteiger partial charge on any atom is -0.373 e. The zero-order valence-corrected chi connectivity index (χ0v) is 34.6. The Labute approximate surface area is 348 Å². The summed E-state index contributed by atoms with van der Waals surface area (Å²) in [6, 6.07) is 4.53. The fourth-order valence-electron chi connectivity index (χ4n) is 8.79. The van der Waals surface area contributed by atoms with E-state index in [0.29, 0.717) is 44.0 Å². The zero-order valence-electron chi connectivity index (χ0n) is 33.8. The van der Waals surface area contributed by atoms with Crippen molar-refractivity contribution in [2.75, 3.05) is 31.6 Å². The van der Waals surface area contributed by atoms with Crippen molar-refractivity contribution in [3.8, 4) is 0 Å². The van der Waals surface area contributed by atoms with Crippen LogP contribution in [-0.4, -0.2) is 125 Å². The van der Waals surface area contributed by atoms with Crippen molar-refractivity contribution in [2.24, 2.45) is 5.92 Å². The smallest absolute Gasteiger partial charge is 0.319 e. The molecule has 59 heavy (non-hydrogen) atoms. The molecule has 0 spiro atoms. The molecule has 8 atom stereocenters. The van der Waals surface area contributed by atoms with E-state index in [2.05, 4.69) is 21.3 Å². The monoisotopic (exact) mass is 837 g/mol. The minimum absolute atomic E-state index is 0.0230. The molecule has 4 fully saturated rings. The van der Waals surface area contributed by atoms with Gasteiger partial charge in [0.15, 0.2) is 0 Å². The third kappa shape index (κ3) is 9.70. The van der Waals surface area contributed by atoms with E-state index in [1.807, 2.05) is 26.0 Å². The van der Waals surface area contributed by atoms with Gasteiger partial charge in [-0.25, -0.2) is 9.18 Å². The molecule has 17 heteroatoms. The van der Waals surface area contributed by atoms with E-state index < -0.39 is 83.2 Å². The van der Waals surface area contributed by atoms with Crippen molar-refractivity contribution in [1.29, 1.82) is 0 Å². The van der Waals surface area contributed by atoms with Gasteiger partial charge in [0.1, 0.15) is 47.9 Å². The summed E-state index contributed by atoms with van der Waals surface area (Å²) in [6.07, 6.45) is 2.28. The highest BCUT2D eigenvalue weighted by Crippen LogP contribution is 2.34. The maximum Gasteiger partial charge on any atom is 0.319 e. The first-order valence-electron chi connectivity index (χ1n) is 20.3. The second kappa shape index (κ2) is 18.4. The summed E-state index contributed by atoms with van der Waals surface area (Å²) < 4.78 is 21.0. The number of aldehydes is 1. The Morgan fingerprint density at radius 3 is 2.44 bits per heavy atom. The molecule has 2 aromatic carbocycles. The van der Waals surface area contributed by atoms with E-state index in [4.69, 9.17) is 16.3 Å². The standard InChI is InChI=1S/C42H53ClFN7O8/c1-24-9-7-10-28(17-24)18-32(47-41(58)46-31-14-13-29(43)19-30(31)44)36(53)48-35-27(4)59-23-42(22-52)20-25(2)21-51(42)38(55)26(3)45-37(54)33-11-5-6-15-49(33)39(56)34-12-8-16-50(34)40(35)57/h7,9-10,13-14,17,19,22,25-27,32-35H,5-6,8,11-12,15-16,18,20-21,23H2,1-4H3,(H,45,54)(H,48,53)(H2,46,47,58)/t25-,26-,27-,32-,33-,34-,35-,42?/m0/s1. The molecule has 7 amide bonds. The van der Waals surface area contributed by atoms with Gasteiger partial charge in [-0.2, -0.15) is 0 Å². The summed E-state index contributed by atoms with van der Waals surface area (Å²) in [5.74, 6) is -3.69. The average molecular weight is 838 g/mol. The molecule has 2 aromatic rings. The predicted octanol–water partition coefficient (Wildman–Crippen LogP) is 3.11. The summed E-state index contributed by atoms with van der Waals surface area (Å²) in [5, 5.41) is 10.8. The highest BCUT2D eigenvalue weighted by atomic mass is 35.5. The number of amides is 7. The average Bonchev–Trinajstić information content (AvgIpc) is 3.83. The van der Waals surface area contributed by atoms with Crippen LogP contribution in [0.5, 0.6) is 0 Å². The van der Waals surface area contributed by atoms with E-state index >= 15 is 0 Å². The predicted molar refractivity (Wildman–Crippen MR) is 216 cm³/mol. The van der Waals surface area contributed by atoms with E-state index in [9.17, 15) is 38.0 Å². The van der Waals surface area contributed by atoms with Crippen LogP contribution in [0.2, 0.25) is 5.02 Å². The van der Waals surface area contributed by atoms with Crippen LogP contribution in [0.25, 0.3) is 0 Å². The highest BCUT2D eigenvalue weighted by Gasteiger charge is 2.50. The number of piperidine rings is 1. The van der Waals surface area contributed by atoms with Gasteiger partial charge in [-0.15, -0.1) is 0 Å². The number of nitrogens with zero attached hydrogens (tertiary/aromatic N) is 3. The van der Waals surface area contributed by atoms with Crippen LogP contribution in [0.4, 0.5) is 14.9 Å². The van der Waals surface area contributed by atoms with Crippen LogP contribution in [0.1, 0.15) is 70.4 Å². The zero-order chi connectivity index (χ0) is 42.6. The SMILES string of the molecule is Cc1cccc(C[C@H](NC(=O)Nc2ccc(Cl)cc2F)C(=O)N[C@@H]2C(=O)N3CCC[C@H]3C(=O)N3CCCC[C@H]3C(=O)N[C@@H](C)C(=O)N3C[C@@H](C)CC3(C=O)CO[C@H]2C)c1. The third-order valence-electron chi connectivity index (χ3n) is 11.8. The Bertz CT molecular complexity index is 1970. The molecular weight excluding hydrogens is 785 g/mol. The van der Waals surface area contributed by atoms with Crippen molar-refractivity contribution in [2.45, 2.75) is 114 Å². The summed E-state index contributed by atoms with van der Waals surface area (Å²) in [5.41, 5.74) is -0.0354. The van der Waals surface area contributed by atoms with E-state index in [1.54, 1.807) is 26.0 Å². The lowest BCUT2D eigenvalue weighted by atomic mass is 9.94. The first-order chi connectivity index (χ1) is 28.1. The number of anilines is 1. The summed E-state index contributed by atoms with van der Waals surface area (Å²) in [6.45, 7) is 7.24. The van der Waals surface area contributed by atoms with Crippen LogP contribution >= 0.6 is 11.6 Å². The first kappa shape index (κ1) is 43.5. The van der Waals surface area contributed by atoms with Crippen LogP contribution in [0.3, 0.4) is 0 Å². The molecule has 1 unspecified atom stereocenters. The van der Waals surface area contributed by atoms with Gasteiger partial charge in [0.2, 0.25) is 29.5 Å². The lowest BCUT2D eigenvalue weighted by molar-refractivity contribution is -0.155. The quantitative estimate of drug-likeness (QED) is 0.307. The summed E-state index contributed by atoms with van der Waals surface area (Å²) >= 11 is 5.89. The van der Waals surface area contributed by atoms with Crippen LogP contribution in [-0.2, 0) is 39.9 Å². The van der Waals surface area contributed by atoms with Crippen LogP contribution in [0.15, 0.2) is 42.5 Å². The number of carbonyl (C=O) groups excluding carboxylic acids is 7. The fourth-order valence-corrected chi connectivity index (χ4v) is 8.95. The molecule has 4 heterocycles. The molecule has 0 saturated carbocycles. The Morgan fingerprint density at radius 1 is 0.983 bits per heavy atom. The Kier molecular flexibility index (Phi) is 13.6. The lowest BCUT2D eigenvalue weighted by Gasteiger charge is -2.41. The van der Waals surface area contributed by atoms with Crippen molar-refractivity contribution in [3.63, 3.8) is 0 Å². The van der Waals surface area contributed by atoms with Gasteiger partial charge >= 0.3 is 6.03 Å². The first-order valence-corrected chi connectivity index (χ1v) is 20.7. The number of ether oxygens (including phenoxy) is 1. The Hall–Kier alpha value is -5.09. The van der Waals surface area contributed by atoms with Crippen molar-refractivity contribution < 1.29 is 42.7 Å². The molecule has 4 aliphatic rings. The number of nitrogens with one attached hydrogen (secondary N) is 4. The number of hydrogen-bond acceptors (Lipinski definition) is 8. The molecular formula is C42H53ClFN7O8. The van der Waals surface area contributed by atoms with E-state index in [1.165, 1.54) is 26.8 Å². The molecule has 318 valence electrons. The number of aryl methyl sites for hydroxylation is 1. The van der Waals surface area contributed by atoms with Gasteiger partial charge in [-0.05, 0) is 89.0 Å². The highest BCUT2D eigenvalue weighted by molar-refractivity contribution is 6.30. The lowest BCUT2D eigenvalue weighted by Crippen LogP contribution is -2.64. The molecule has 0 aromatic heterocycles. The van der Waals surface area contributed by atoms with Crippen LogP contribution in [0, 0.1) is 18.7 Å². The third-order valence-corrected chi connectivity index (χ3v) is 12.0. The van der Waals surface area contributed by atoms with Gasteiger partial charge in [-0.3, -0.25) is 24.0 Å². The fraction of sp³-hybridized carbons (Fsp3) is 0.548. The summed E-state index contributed by atoms with van der Waals surface area (Å²) in [7, 11) is 0. The molecule has 4 aliphatic heterocycles. The van der Waals surface area contributed by atoms with Crippen molar-refractivity contribution in [3.05, 3.63) is 64.4 Å². The largest absolute Gasteiger partial charge is 0.373 e. The topological polar surface area (TPSA) is 187 Å². The molecule has 4 N–H and O–H groups in total. The van der Waals surface area contributed by atoms with Gasteiger partial charge in [-0.1, -0.05) is 48.4 Å². The molecule has 0 radical (unpaired) electrons.